The van der Waals surface area contributed by atoms with Gasteiger partial charge in [-0.15, -0.1) is 0 Å². The van der Waals surface area contributed by atoms with Gasteiger partial charge in [0.05, 0.1) is 42.1 Å². The van der Waals surface area contributed by atoms with E-state index in [4.69, 9.17) is 9.47 Å². The molecule has 30 heavy (non-hydrogen) atoms. The van der Waals surface area contributed by atoms with Gasteiger partial charge in [0.1, 0.15) is 5.75 Å². The number of anilines is 1. The minimum absolute atomic E-state index is 0.0988. The maximum Gasteiger partial charge on any atom is 0.262 e. The molecule has 1 amide bonds. The fourth-order valence-electron chi connectivity index (χ4n) is 3.17. The van der Waals surface area contributed by atoms with Gasteiger partial charge in [0.25, 0.3) is 5.56 Å². The predicted molar refractivity (Wildman–Crippen MR) is 120 cm³/mol. The van der Waals surface area contributed by atoms with Gasteiger partial charge in [0, 0.05) is 7.11 Å². The molecular formula is C22H25N3O4S. The lowest BCUT2D eigenvalue weighted by molar-refractivity contribution is -0.113. The first-order chi connectivity index (χ1) is 14.4. The Balaban J connectivity index is 1.86. The van der Waals surface area contributed by atoms with Crippen LogP contribution in [-0.4, -0.2) is 42.0 Å². The number of nitrogens with one attached hydrogen (secondary N) is 1. The topological polar surface area (TPSA) is 82.4 Å². The van der Waals surface area contributed by atoms with E-state index in [1.807, 2.05) is 44.2 Å². The van der Waals surface area contributed by atoms with Crippen LogP contribution < -0.4 is 15.6 Å². The van der Waals surface area contributed by atoms with Crippen molar-refractivity contribution in [2.45, 2.75) is 25.0 Å². The Morgan fingerprint density at radius 3 is 2.73 bits per heavy atom. The first-order valence-corrected chi connectivity index (χ1v) is 10.5. The number of rotatable bonds is 8. The quantitative estimate of drug-likeness (QED) is 0.436. The van der Waals surface area contributed by atoms with Crippen molar-refractivity contribution in [1.29, 1.82) is 0 Å². The molecule has 0 radical (unpaired) electrons. The van der Waals surface area contributed by atoms with Crippen LogP contribution in [0.25, 0.3) is 10.9 Å². The highest BCUT2D eigenvalue weighted by molar-refractivity contribution is 7.99. The molecule has 0 aliphatic heterocycles. The minimum Gasteiger partial charge on any atom is -0.495 e. The number of aryl methyl sites for hydroxylation is 1. The van der Waals surface area contributed by atoms with E-state index in [-0.39, 0.29) is 23.3 Å². The van der Waals surface area contributed by atoms with Gasteiger partial charge in [-0.25, -0.2) is 4.98 Å². The molecule has 0 fully saturated rings. The fourth-order valence-corrected chi connectivity index (χ4v) is 4.06. The minimum atomic E-state index is -0.220. The van der Waals surface area contributed by atoms with Gasteiger partial charge >= 0.3 is 0 Å². The molecule has 0 bridgehead atoms. The van der Waals surface area contributed by atoms with E-state index >= 15 is 0 Å². The van der Waals surface area contributed by atoms with Crippen LogP contribution in [0.2, 0.25) is 0 Å². The Hall–Kier alpha value is -2.84. The Morgan fingerprint density at radius 2 is 2.00 bits per heavy atom. The summed E-state index contributed by atoms with van der Waals surface area (Å²) in [5.41, 5.74) is 2.08. The van der Waals surface area contributed by atoms with Crippen molar-refractivity contribution in [2.75, 3.05) is 31.9 Å². The maximum absolute atomic E-state index is 13.1. The lowest BCUT2D eigenvalue weighted by Gasteiger charge is -2.19. The van der Waals surface area contributed by atoms with Crippen LogP contribution in [0.15, 0.2) is 52.4 Å². The standard InChI is InChI=1S/C22H25N3O4S/c1-14-9-10-19(29-4)18(11-14)23-20(26)13-30-22-24-17-8-6-5-7-16(17)21(27)25(22)15(2)12-28-3/h5-11,15H,12-13H2,1-4H3,(H,23,26)/t15-/m1/s1. The molecule has 3 aromatic rings. The number of nitrogens with zero attached hydrogens (tertiary/aromatic N) is 2. The second kappa shape index (κ2) is 9.77. The molecule has 8 heteroatoms. The van der Waals surface area contributed by atoms with Gasteiger partial charge in [-0.1, -0.05) is 30.0 Å². The van der Waals surface area contributed by atoms with E-state index in [0.29, 0.717) is 34.1 Å². The second-order valence-electron chi connectivity index (χ2n) is 6.93. The number of amides is 1. The molecule has 0 aliphatic rings. The first kappa shape index (κ1) is 21.9. The first-order valence-electron chi connectivity index (χ1n) is 9.52. The second-order valence-corrected chi connectivity index (χ2v) is 7.87. The van der Waals surface area contributed by atoms with Crippen LogP contribution in [0.5, 0.6) is 5.75 Å². The molecule has 0 unspecified atom stereocenters. The SMILES string of the molecule is COC[C@@H](C)n1c(SCC(=O)Nc2cc(C)ccc2OC)nc2ccccc2c1=O. The molecule has 7 nitrogen and oxygen atoms in total. The molecule has 0 saturated carbocycles. The van der Waals surface area contributed by atoms with E-state index in [0.717, 1.165) is 5.56 Å². The summed E-state index contributed by atoms with van der Waals surface area (Å²) in [4.78, 5) is 30.3. The number of benzene rings is 2. The van der Waals surface area contributed by atoms with Gasteiger partial charge in [-0.2, -0.15) is 0 Å². The van der Waals surface area contributed by atoms with E-state index in [1.54, 1.807) is 30.9 Å². The smallest absolute Gasteiger partial charge is 0.262 e. The molecule has 0 aliphatic carbocycles. The highest BCUT2D eigenvalue weighted by atomic mass is 32.2. The Bertz CT molecular complexity index is 1110. The summed E-state index contributed by atoms with van der Waals surface area (Å²) in [7, 11) is 3.15. The molecule has 2 aromatic carbocycles. The van der Waals surface area contributed by atoms with Crippen LogP contribution in [0.4, 0.5) is 5.69 Å². The van der Waals surface area contributed by atoms with Gasteiger partial charge in [0.2, 0.25) is 5.91 Å². The number of hydrogen-bond donors (Lipinski definition) is 1. The maximum atomic E-state index is 13.1. The summed E-state index contributed by atoms with van der Waals surface area (Å²) in [5, 5.41) is 3.90. The zero-order valence-corrected chi connectivity index (χ0v) is 18.3. The zero-order valence-electron chi connectivity index (χ0n) is 17.5. The van der Waals surface area contributed by atoms with Crippen LogP contribution in [0, 0.1) is 6.92 Å². The zero-order chi connectivity index (χ0) is 21.7. The van der Waals surface area contributed by atoms with E-state index in [9.17, 15) is 9.59 Å². The van der Waals surface area contributed by atoms with Gasteiger partial charge in [0.15, 0.2) is 5.16 Å². The summed E-state index contributed by atoms with van der Waals surface area (Å²) in [6.07, 6.45) is 0. The highest BCUT2D eigenvalue weighted by Gasteiger charge is 2.18. The van der Waals surface area contributed by atoms with E-state index < -0.39 is 0 Å². The van der Waals surface area contributed by atoms with Crippen molar-refractivity contribution in [3.05, 3.63) is 58.4 Å². The predicted octanol–water partition coefficient (Wildman–Crippen LogP) is 3.65. The number of hydrogen-bond acceptors (Lipinski definition) is 6. The number of aromatic nitrogens is 2. The number of carbonyl (C=O) groups is 1. The summed E-state index contributed by atoms with van der Waals surface area (Å²) in [6.45, 7) is 4.20. The van der Waals surface area contributed by atoms with Crippen LogP contribution in [0.3, 0.4) is 0 Å². The average Bonchev–Trinajstić information content (AvgIpc) is 2.72. The molecule has 0 saturated heterocycles. The lowest BCUT2D eigenvalue weighted by atomic mass is 10.2. The van der Waals surface area contributed by atoms with Crippen LogP contribution in [0.1, 0.15) is 18.5 Å². The normalized spacial score (nSPS) is 12.0. The van der Waals surface area contributed by atoms with Crippen molar-refractivity contribution in [3.63, 3.8) is 0 Å². The van der Waals surface area contributed by atoms with Gasteiger partial charge in [-0.05, 0) is 43.7 Å². The highest BCUT2D eigenvalue weighted by Crippen LogP contribution is 2.26. The van der Waals surface area contributed by atoms with Crippen LogP contribution >= 0.6 is 11.8 Å². The third kappa shape index (κ3) is 4.83. The molecule has 1 atom stereocenters. The molecule has 3 rings (SSSR count). The summed E-state index contributed by atoms with van der Waals surface area (Å²) >= 11 is 1.22. The Kier molecular flexibility index (Phi) is 7.12. The summed E-state index contributed by atoms with van der Waals surface area (Å²) < 4.78 is 12.1. The average molecular weight is 428 g/mol. The molecule has 1 N–H and O–H groups in total. The number of para-hydroxylation sites is 1. The number of methoxy groups -OCH3 is 2. The third-order valence-electron chi connectivity index (χ3n) is 4.59. The number of fused-ring (bicyclic) bond motifs is 1. The molecule has 1 aromatic heterocycles. The Labute approximate surface area is 179 Å². The van der Waals surface area contributed by atoms with Gasteiger partial charge in [-0.3, -0.25) is 14.2 Å². The fraction of sp³-hybridized carbons (Fsp3) is 0.318. The number of carbonyl (C=O) groups excluding carboxylic acids is 1. The van der Waals surface area contributed by atoms with Crippen molar-refractivity contribution in [1.82, 2.24) is 9.55 Å². The molecule has 0 spiro atoms. The molecule has 1 heterocycles. The Morgan fingerprint density at radius 1 is 1.23 bits per heavy atom. The van der Waals surface area contributed by atoms with Crippen molar-refractivity contribution < 1.29 is 14.3 Å². The summed E-state index contributed by atoms with van der Waals surface area (Å²) in [5.74, 6) is 0.479. The summed E-state index contributed by atoms with van der Waals surface area (Å²) in [6, 6.07) is 12.6. The van der Waals surface area contributed by atoms with E-state index in [1.165, 1.54) is 11.8 Å². The third-order valence-corrected chi connectivity index (χ3v) is 5.54. The van der Waals surface area contributed by atoms with Gasteiger partial charge < -0.3 is 14.8 Å². The van der Waals surface area contributed by atoms with Crippen LogP contribution in [-0.2, 0) is 9.53 Å². The molecule has 158 valence electrons. The number of ether oxygens (including phenoxy) is 2. The van der Waals surface area contributed by atoms with Crippen molar-refractivity contribution in [3.8, 4) is 5.75 Å². The molecular weight excluding hydrogens is 402 g/mol. The monoisotopic (exact) mass is 427 g/mol. The number of thioether (sulfide) groups is 1. The lowest BCUT2D eigenvalue weighted by Crippen LogP contribution is -2.29. The van der Waals surface area contributed by atoms with E-state index in [2.05, 4.69) is 10.3 Å². The van der Waals surface area contributed by atoms with Crippen molar-refractivity contribution in [2.24, 2.45) is 0 Å². The largest absolute Gasteiger partial charge is 0.495 e. The van der Waals surface area contributed by atoms with Crippen molar-refractivity contribution >= 4 is 34.3 Å².